The number of H-pyrrole nitrogens is 1. The zero-order valence-electron chi connectivity index (χ0n) is 30.8. The molecule has 5 rings (SSSR count). The van der Waals surface area contributed by atoms with Gasteiger partial charge in [0, 0.05) is 25.3 Å². The Bertz CT molecular complexity index is 1810. The highest BCUT2D eigenvalue weighted by Gasteiger charge is 2.44. The zero-order valence-corrected chi connectivity index (χ0v) is 32.5. The van der Waals surface area contributed by atoms with Crippen molar-refractivity contribution in [3.8, 4) is 11.5 Å². The van der Waals surface area contributed by atoms with Crippen LogP contribution >= 0.6 is 6.72 Å². The van der Waals surface area contributed by atoms with E-state index in [1.165, 1.54) is 37.5 Å². The van der Waals surface area contributed by atoms with Gasteiger partial charge in [0.1, 0.15) is 29.4 Å². The van der Waals surface area contributed by atoms with Gasteiger partial charge in [-0.1, -0.05) is 75.4 Å². The van der Waals surface area contributed by atoms with E-state index in [2.05, 4.69) is 30.7 Å². The molecule has 4 aromatic rings. The van der Waals surface area contributed by atoms with Gasteiger partial charge >= 0.3 is 12.4 Å². The van der Waals surface area contributed by atoms with Crippen molar-refractivity contribution in [3.05, 3.63) is 128 Å². The van der Waals surface area contributed by atoms with Crippen LogP contribution in [0.15, 0.2) is 94.6 Å². The number of hydrogen-bond acceptors (Lipinski definition) is 10. The Labute approximate surface area is 310 Å². The molecule has 1 unspecified atom stereocenters. The van der Waals surface area contributed by atoms with Gasteiger partial charge in [0.05, 0.1) is 26.9 Å². The highest BCUT2D eigenvalue weighted by atomic mass is 32.5. The molecule has 0 amide bonds. The molecule has 1 aromatic heterocycles. The molecule has 2 N–H and O–H groups in total. The predicted octanol–water partition coefficient (Wildman–Crippen LogP) is 5.75. The lowest BCUT2D eigenvalue weighted by atomic mass is 9.80. The van der Waals surface area contributed by atoms with E-state index in [1.807, 2.05) is 78.9 Å². The Hall–Kier alpha value is -3.65. The molecular weight excluding hydrogens is 705 g/mol. The lowest BCUT2D eigenvalue weighted by Crippen LogP contribution is -2.38. The van der Waals surface area contributed by atoms with Crippen molar-refractivity contribution in [1.82, 2.24) is 14.5 Å². The lowest BCUT2D eigenvalue weighted by Gasteiger charge is -2.37. The second-order valence-electron chi connectivity index (χ2n) is 12.1. The quantitative estimate of drug-likeness (QED) is 0.113. The van der Waals surface area contributed by atoms with Gasteiger partial charge in [-0.2, -0.15) is 0 Å². The van der Waals surface area contributed by atoms with Crippen molar-refractivity contribution < 1.29 is 32.9 Å². The van der Waals surface area contributed by atoms with E-state index in [0.717, 1.165) is 16.7 Å². The second kappa shape index (κ2) is 18.9. The smallest absolute Gasteiger partial charge is 0.330 e. The third kappa shape index (κ3) is 9.85. The molecule has 4 atom stereocenters. The van der Waals surface area contributed by atoms with E-state index in [1.54, 1.807) is 21.1 Å². The van der Waals surface area contributed by atoms with Crippen molar-refractivity contribution in [2.24, 2.45) is 0 Å². The molecule has 0 radical (unpaired) electrons. The zero-order chi connectivity index (χ0) is 37.9. The fraction of sp³-hybridized carbons (Fsp3) is 0.421. The Morgan fingerprint density at radius 3 is 1.87 bits per heavy atom. The van der Waals surface area contributed by atoms with E-state index in [0.29, 0.717) is 17.1 Å². The first-order valence-corrected chi connectivity index (χ1v) is 19.8. The number of aromatic nitrogens is 2. The maximum Gasteiger partial charge on any atom is 0.330 e. The van der Waals surface area contributed by atoms with E-state index < -0.39 is 42.0 Å². The summed E-state index contributed by atoms with van der Waals surface area (Å²) in [6, 6.07) is 24.9. The molecule has 1 aliphatic rings. The van der Waals surface area contributed by atoms with E-state index in [-0.39, 0.29) is 13.0 Å². The van der Waals surface area contributed by atoms with Gasteiger partial charge in [-0.05, 0) is 79.3 Å². The van der Waals surface area contributed by atoms with Crippen LogP contribution < -0.4 is 20.7 Å². The monoisotopic (exact) mass is 755 g/mol. The van der Waals surface area contributed by atoms with Crippen LogP contribution in [0.1, 0.15) is 55.7 Å². The molecule has 14 heteroatoms. The summed E-state index contributed by atoms with van der Waals surface area (Å²) in [5.41, 5.74) is 0.509. The van der Waals surface area contributed by atoms with E-state index in [9.17, 15) is 14.5 Å². The lowest BCUT2D eigenvalue weighted by molar-refractivity contribution is -0.0926. The van der Waals surface area contributed by atoms with Crippen LogP contribution in [0.2, 0.25) is 0 Å². The second-order valence-corrected chi connectivity index (χ2v) is 15.0. The summed E-state index contributed by atoms with van der Waals surface area (Å²) >= 11 is 5.17. The minimum Gasteiger partial charge on any atom is -0.497 e. The molecule has 12 nitrogen and oxygen atoms in total. The molecule has 1 fully saturated rings. The largest absolute Gasteiger partial charge is 0.497 e. The van der Waals surface area contributed by atoms with Crippen molar-refractivity contribution in [2.75, 3.05) is 47.6 Å². The first-order chi connectivity index (χ1) is 24.9. The summed E-state index contributed by atoms with van der Waals surface area (Å²) < 4.78 is 36.4. The molecular formula is C38H50N3O9PS. The fourth-order valence-corrected chi connectivity index (χ4v) is 7.08. The first-order valence-electron chi connectivity index (χ1n) is 17.2. The molecule has 3 aromatic carbocycles. The number of aryl methyl sites for hydroxylation is 1. The SMILES string of the molecule is CCN(CC)CC.COc1ccc(C(OC[C@H]2O[C@@H](n3cc(C)c(=O)[nH]c3=O)C[C@@H]2OP(O)(=S)OC)(c2ccccc2)c2ccc(OC)cc2)cc1. The van der Waals surface area contributed by atoms with Crippen molar-refractivity contribution >= 4 is 18.5 Å². The minimum atomic E-state index is -3.64. The molecule has 0 aliphatic carbocycles. The molecule has 2 heterocycles. The van der Waals surface area contributed by atoms with Crippen molar-refractivity contribution in [2.45, 2.75) is 58.2 Å². The first kappa shape index (κ1) is 41.1. The highest BCUT2D eigenvalue weighted by molar-refractivity contribution is 8.07. The van der Waals surface area contributed by atoms with Crippen LogP contribution in [-0.4, -0.2) is 79.1 Å². The van der Waals surface area contributed by atoms with E-state index >= 15 is 0 Å². The van der Waals surface area contributed by atoms with Gasteiger partial charge in [-0.25, -0.2) is 4.79 Å². The molecule has 0 spiro atoms. The summed E-state index contributed by atoms with van der Waals surface area (Å²) in [6.45, 7) is 8.03. The van der Waals surface area contributed by atoms with Gasteiger partial charge in [0.2, 0.25) is 0 Å². The average molecular weight is 756 g/mol. The van der Waals surface area contributed by atoms with Crippen LogP contribution in [0.4, 0.5) is 0 Å². The van der Waals surface area contributed by atoms with Crippen LogP contribution in [0.25, 0.3) is 0 Å². The predicted molar refractivity (Wildman–Crippen MR) is 205 cm³/mol. The number of rotatable bonds is 15. The maximum absolute atomic E-state index is 12.8. The summed E-state index contributed by atoms with van der Waals surface area (Å²) in [5.74, 6) is 1.36. The number of hydrogen-bond donors (Lipinski definition) is 2. The van der Waals surface area contributed by atoms with Gasteiger partial charge in [0.15, 0.2) is 0 Å². The Kier molecular flexibility index (Phi) is 14.9. The summed E-state index contributed by atoms with van der Waals surface area (Å²) in [4.78, 5) is 40.1. The normalized spacial score (nSPS) is 18.4. The van der Waals surface area contributed by atoms with Crippen molar-refractivity contribution in [3.63, 3.8) is 0 Å². The highest BCUT2D eigenvalue weighted by Crippen LogP contribution is 2.49. The minimum absolute atomic E-state index is 0.0513. The fourth-order valence-electron chi connectivity index (χ4n) is 6.10. The van der Waals surface area contributed by atoms with Crippen LogP contribution in [0, 0.1) is 6.92 Å². The number of benzene rings is 3. The van der Waals surface area contributed by atoms with Gasteiger partial charge < -0.3 is 37.8 Å². The van der Waals surface area contributed by atoms with Gasteiger partial charge in [-0.15, -0.1) is 0 Å². The standard InChI is InChI=1S/C32H35N2O9PS.C6H15N/c1-21-19-34(31(36)33-30(21)35)29-18-27(43-44(37,45)40-4)28(42-29)20-41-32(22-8-6-5-7-9-22,23-10-14-25(38-2)15-11-23)24-12-16-26(39-3)17-13-24;1-4-7(5-2)6-3/h5-17,19,27-29H,18,20H2,1-4H3,(H,37,45)(H,33,35,36);4-6H2,1-3H3/t27-,28+,29+,44?;/m0./s1. The number of ether oxygens (including phenoxy) is 4. The molecule has 1 saturated heterocycles. The topological polar surface area (TPSA) is 134 Å². The molecule has 282 valence electrons. The molecule has 52 heavy (non-hydrogen) atoms. The number of aromatic amines is 1. The molecule has 1 aliphatic heterocycles. The van der Waals surface area contributed by atoms with Gasteiger partial charge in [-0.3, -0.25) is 14.3 Å². The maximum atomic E-state index is 12.8. The average Bonchev–Trinajstić information content (AvgIpc) is 3.56. The van der Waals surface area contributed by atoms with E-state index in [4.69, 9.17) is 39.8 Å². The summed E-state index contributed by atoms with van der Waals surface area (Å²) in [5, 5.41) is 0. The number of nitrogens with one attached hydrogen (secondary N) is 1. The number of nitrogens with zero attached hydrogens (tertiary/aromatic N) is 2. The number of methoxy groups -OCH3 is 2. The summed E-state index contributed by atoms with van der Waals surface area (Å²) in [6.07, 6.45) is -0.902. The Morgan fingerprint density at radius 2 is 1.40 bits per heavy atom. The molecule has 0 bridgehead atoms. The van der Waals surface area contributed by atoms with Crippen LogP contribution in [-0.2, 0) is 35.9 Å². The molecule has 0 saturated carbocycles. The van der Waals surface area contributed by atoms with Gasteiger partial charge in [0.25, 0.3) is 5.56 Å². The van der Waals surface area contributed by atoms with Crippen LogP contribution in [0.3, 0.4) is 0 Å². The summed E-state index contributed by atoms with van der Waals surface area (Å²) in [7, 11) is 4.47. The van der Waals surface area contributed by atoms with Crippen molar-refractivity contribution in [1.29, 1.82) is 0 Å². The van der Waals surface area contributed by atoms with Crippen LogP contribution in [0.5, 0.6) is 11.5 Å². The Morgan fingerprint density at radius 1 is 0.885 bits per heavy atom. The third-order valence-corrected chi connectivity index (χ3v) is 10.8. The Balaban J connectivity index is 0.000000785. The third-order valence-electron chi connectivity index (χ3n) is 9.12.